The number of carboxylic acid groups (broad SMARTS) is 1. The number of ether oxygens (including phenoxy) is 1. The standard InChI is InChI=1S/C15H17N5O4S/c1-24-13-3-2-10(6-12(13)20-9-16-17-18-20)15(23)19-4-5-25-8-11(19)7-14(21)22/h2-3,6,9,11H,4-5,7-8H2,1H3,(H,21,22). The first-order valence-corrected chi connectivity index (χ1v) is 8.77. The van der Waals surface area contributed by atoms with Crippen LogP contribution in [-0.2, 0) is 4.79 Å². The Morgan fingerprint density at radius 3 is 2.96 bits per heavy atom. The van der Waals surface area contributed by atoms with E-state index in [1.807, 2.05) is 0 Å². The average Bonchev–Trinajstić information content (AvgIpc) is 3.15. The van der Waals surface area contributed by atoms with Crippen LogP contribution in [0.25, 0.3) is 5.69 Å². The third-order valence-corrected chi connectivity index (χ3v) is 5.01. The number of hydrogen-bond acceptors (Lipinski definition) is 7. The van der Waals surface area contributed by atoms with Crippen molar-refractivity contribution in [2.75, 3.05) is 25.2 Å². The maximum atomic E-state index is 12.9. The molecule has 10 heteroatoms. The van der Waals surface area contributed by atoms with E-state index >= 15 is 0 Å². The summed E-state index contributed by atoms with van der Waals surface area (Å²) in [7, 11) is 1.52. The van der Waals surface area contributed by atoms with Crippen LogP contribution in [0.15, 0.2) is 24.5 Å². The quantitative estimate of drug-likeness (QED) is 0.827. The number of methoxy groups -OCH3 is 1. The van der Waals surface area contributed by atoms with E-state index in [1.54, 1.807) is 34.9 Å². The van der Waals surface area contributed by atoms with E-state index in [4.69, 9.17) is 9.84 Å². The van der Waals surface area contributed by atoms with Crippen LogP contribution in [0.2, 0.25) is 0 Å². The van der Waals surface area contributed by atoms with Crippen molar-refractivity contribution in [1.29, 1.82) is 0 Å². The number of rotatable bonds is 5. The molecule has 0 bridgehead atoms. The van der Waals surface area contributed by atoms with Crippen molar-refractivity contribution in [1.82, 2.24) is 25.1 Å². The van der Waals surface area contributed by atoms with Crippen molar-refractivity contribution in [3.63, 3.8) is 0 Å². The number of benzene rings is 1. The molecule has 0 aliphatic carbocycles. The van der Waals surface area contributed by atoms with Crippen LogP contribution in [0.4, 0.5) is 0 Å². The number of thioether (sulfide) groups is 1. The molecule has 1 aromatic carbocycles. The van der Waals surface area contributed by atoms with Crippen LogP contribution >= 0.6 is 11.8 Å². The molecule has 1 atom stereocenters. The topological polar surface area (TPSA) is 110 Å². The molecule has 0 radical (unpaired) electrons. The third-order valence-electron chi connectivity index (χ3n) is 3.92. The fourth-order valence-electron chi connectivity index (χ4n) is 2.73. The van der Waals surface area contributed by atoms with E-state index in [0.29, 0.717) is 29.3 Å². The second-order valence-corrected chi connectivity index (χ2v) is 6.62. The average molecular weight is 363 g/mol. The molecule has 25 heavy (non-hydrogen) atoms. The van der Waals surface area contributed by atoms with Gasteiger partial charge in [0.25, 0.3) is 5.91 Å². The highest BCUT2D eigenvalue weighted by atomic mass is 32.2. The van der Waals surface area contributed by atoms with Gasteiger partial charge < -0.3 is 14.7 Å². The maximum Gasteiger partial charge on any atom is 0.305 e. The Kier molecular flexibility index (Phi) is 5.17. The van der Waals surface area contributed by atoms with Gasteiger partial charge in [0.15, 0.2) is 0 Å². The monoisotopic (exact) mass is 363 g/mol. The Balaban J connectivity index is 1.91. The highest BCUT2D eigenvalue weighted by molar-refractivity contribution is 7.99. The van der Waals surface area contributed by atoms with Crippen molar-refractivity contribution >= 4 is 23.6 Å². The molecule has 1 aromatic heterocycles. The zero-order valence-corrected chi connectivity index (χ0v) is 14.3. The summed E-state index contributed by atoms with van der Waals surface area (Å²) >= 11 is 1.66. The highest BCUT2D eigenvalue weighted by Crippen LogP contribution is 2.26. The third kappa shape index (κ3) is 3.73. The number of carboxylic acids is 1. The minimum absolute atomic E-state index is 0.0608. The molecule has 1 amide bonds. The SMILES string of the molecule is COc1ccc(C(=O)N2CCSCC2CC(=O)O)cc1-n1cnnn1. The molecule has 0 saturated carbocycles. The first kappa shape index (κ1) is 17.2. The predicted octanol–water partition coefficient (Wildman–Crippen LogP) is 0.703. The van der Waals surface area contributed by atoms with Gasteiger partial charge >= 0.3 is 5.97 Å². The van der Waals surface area contributed by atoms with Crippen LogP contribution in [0, 0.1) is 0 Å². The van der Waals surface area contributed by atoms with Gasteiger partial charge in [-0.1, -0.05) is 0 Å². The second-order valence-electron chi connectivity index (χ2n) is 5.47. The largest absolute Gasteiger partial charge is 0.494 e. The van der Waals surface area contributed by atoms with Gasteiger partial charge in [0, 0.05) is 23.6 Å². The summed E-state index contributed by atoms with van der Waals surface area (Å²) < 4.78 is 6.71. The van der Waals surface area contributed by atoms with Gasteiger partial charge in [-0.3, -0.25) is 9.59 Å². The van der Waals surface area contributed by atoms with Gasteiger partial charge in [0.05, 0.1) is 19.6 Å². The van der Waals surface area contributed by atoms with Gasteiger partial charge in [-0.15, -0.1) is 5.10 Å². The number of nitrogens with zero attached hydrogens (tertiary/aromatic N) is 5. The number of aliphatic carboxylic acids is 1. The van der Waals surface area contributed by atoms with Gasteiger partial charge in [-0.2, -0.15) is 16.4 Å². The van der Waals surface area contributed by atoms with E-state index in [2.05, 4.69) is 15.5 Å². The Morgan fingerprint density at radius 1 is 1.44 bits per heavy atom. The zero-order valence-electron chi connectivity index (χ0n) is 13.5. The lowest BCUT2D eigenvalue weighted by atomic mass is 10.1. The van der Waals surface area contributed by atoms with Gasteiger partial charge in [0.2, 0.25) is 0 Å². The molecule has 2 heterocycles. The smallest absolute Gasteiger partial charge is 0.305 e. The van der Waals surface area contributed by atoms with E-state index in [9.17, 15) is 9.59 Å². The zero-order chi connectivity index (χ0) is 17.8. The minimum Gasteiger partial charge on any atom is -0.494 e. The van der Waals surface area contributed by atoms with Crippen LogP contribution in [0.5, 0.6) is 5.75 Å². The molecule has 1 fully saturated rings. The molecular formula is C15H17N5O4S. The van der Waals surface area contributed by atoms with E-state index in [1.165, 1.54) is 18.1 Å². The van der Waals surface area contributed by atoms with Crippen LogP contribution < -0.4 is 4.74 Å². The maximum absolute atomic E-state index is 12.9. The summed E-state index contributed by atoms with van der Waals surface area (Å²) in [6.07, 6.45) is 1.35. The fourth-order valence-corrected chi connectivity index (χ4v) is 3.79. The summed E-state index contributed by atoms with van der Waals surface area (Å²) in [5.41, 5.74) is 0.980. The first-order valence-electron chi connectivity index (χ1n) is 7.62. The van der Waals surface area contributed by atoms with Gasteiger partial charge in [-0.05, 0) is 28.6 Å². The first-order chi connectivity index (χ1) is 12.1. The molecule has 1 aliphatic heterocycles. The Labute approximate surface area is 147 Å². The number of tetrazole rings is 1. The van der Waals surface area contributed by atoms with Crippen LogP contribution in [-0.4, -0.2) is 73.3 Å². The molecule has 2 aromatic rings. The molecule has 1 unspecified atom stereocenters. The van der Waals surface area contributed by atoms with E-state index < -0.39 is 5.97 Å². The molecule has 9 nitrogen and oxygen atoms in total. The van der Waals surface area contributed by atoms with Crippen LogP contribution in [0.3, 0.4) is 0 Å². The Bertz CT molecular complexity index is 767. The lowest BCUT2D eigenvalue weighted by molar-refractivity contribution is -0.138. The highest BCUT2D eigenvalue weighted by Gasteiger charge is 2.30. The number of aromatic nitrogens is 4. The Morgan fingerprint density at radius 2 is 2.28 bits per heavy atom. The number of carbonyl (C=O) groups is 2. The van der Waals surface area contributed by atoms with Gasteiger partial charge in [-0.25, -0.2) is 0 Å². The fraction of sp³-hybridized carbons (Fsp3) is 0.400. The summed E-state index contributed by atoms with van der Waals surface area (Å²) in [6, 6.07) is 4.67. The van der Waals surface area contributed by atoms with E-state index in [-0.39, 0.29) is 18.4 Å². The number of amides is 1. The molecule has 3 rings (SSSR count). The minimum atomic E-state index is -0.908. The summed E-state index contributed by atoms with van der Waals surface area (Å²) in [5.74, 6) is 0.824. The number of hydrogen-bond donors (Lipinski definition) is 1. The molecule has 1 saturated heterocycles. The number of carbonyl (C=O) groups excluding carboxylic acids is 1. The van der Waals surface area contributed by atoms with Crippen molar-refractivity contribution in [3.05, 3.63) is 30.1 Å². The lowest BCUT2D eigenvalue weighted by Gasteiger charge is -2.34. The van der Waals surface area contributed by atoms with E-state index in [0.717, 1.165) is 5.75 Å². The van der Waals surface area contributed by atoms with Crippen molar-refractivity contribution < 1.29 is 19.4 Å². The summed E-state index contributed by atoms with van der Waals surface area (Å²) in [4.78, 5) is 25.6. The summed E-state index contributed by atoms with van der Waals surface area (Å²) in [5, 5.41) is 20.1. The molecule has 132 valence electrons. The normalized spacial score (nSPS) is 17.3. The van der Waals surface area contributed by atoms with Crippen molar-refractivity contribution in [3.8, 4) is 11.4 Å². The molecule has 0 spiro atoms. The summed E-state index contributed by atoms with van der Waals surface area (Å²) in [6.45, 7) is 0.522. The van der Waals surface area contributed by atoms with Crippen molar-refractivity contribution in [2.24, 2.45) is 0 Å². The molecule has 1 aliphatic rings. The Hall–Kier alpha value is -2.62. The predicted molar refractivity (Wildman–Crippen MR) is 90.1 cm³/mol. The lowest BCUT2D eigenvalue weighted by Crippen LogP contribution is -2.47. The molecule has 1 N–H and O–H groups in total. The molecular weight excluding hydrogens is 346 g/mol. The van der Waals surface area contributed by atoms with Crippen LogP contribution in [0.1, 0.15) is 16.8 Å². The second kappa shape index (κ2) is 7.51. The van der Waals surface area contributed by atoms with Gasteiger partial charge in [0.1, 0.15) is 17.8 Å². The van der Waals surface area contributed by atoms with Crippen molar-refractivity contribution in [2.45, 2.75) is 12.5 Å².